The van der Waals surface area contributed by atoms with Crippen LogP contribution in [0.25, 0.3) is 0 Å². The molecule has 2 rings (SSSR count). The zero-order chi connectivity index (χ0) is 13.2. The fraction of sp³-hybridized carbons (Fsp3) is 0.917. The van der Waals surface area contributed by atoms with Crippen LogP contribution in [0.4, 0.5) is 0 Å². The zero-order valence-electron chi connectivity index (χ0n) is 10.4. The number of hydrogen-bond acceptors (Lipinski definition) is 4. The summed E-state index contributed by atoms with van der Waals surface area (Å²) in [6.45, 7) is 1.39. The van der Waals surface area contributed by atoms with Crippen molar-refractivity contribution in [3.8, 4) is 0 Å². The maximum atomic E-state index is 11.4. The van der Waals surface area contributed by atoms with Crippen LogP contribution < -0.4 is 0 Å². The van der Waals surface area contributed by atoms with Crippen molar-refractivity contribution in [3.05, 3.63) is 0 Å². The highest BCUT2D eigenvalue weighted by molar-refractivity contribution is 7.91. The number of rotatable bonds is 4. The first-order valence-corrected chi connectivity index (χ1v) is 8.31. The summed E-state index contributed by atoms with van der Waals surface area (Å²) in [6, 6.07) is 0. The van der Waals surface area contributed by atoms with Crippen molar-refractivity contribution >= 4 is 15.8 Å². The molecular weight excluding hydrogens is 256 g/mol. The Morgan fingerprint density at radius 2 is 1.94 bits per heavy atom. The van der Waals surface area contributed by atoms with Crippen LogP contribution in [-0.4, -0.2) is 44.2 Å². The van der Waals surface area contributed by atoms with Gasteiger partial charge in [0.15, 0.2) is 9.84 Å². The molecule has 0 bridgehead atoms. The fourth-order valence-electron chi connectivity index (χ4n) is 2.98. The highest BCUT2D eigenvalue weighted by Gasteiger charge is 2.38. The molecule has 0 amide bonds. The number of carboxylic acid groups (broad SMARTS) is 1. The third-order valence-corrected chi connectivity index (χ3v) is 5.88. The molecule has 2 aliphatic rings. The minimum atomic E-state index is -3.00. The highest BCUT2D eigenvalue weighted by atomic mass is 32.2. The van der Waals surface area contributed by atoms with E-state index in [9.17, 15) is 18.3 Å². The van der Waals surface area contributed by atoms with Crippen LogP contribution in [0.3, 0.4) is 0 Å². The third kappa shape index (κ3) is 3.45. The summed E-state index contributed by atoms with van der Waals surface area (Å²) in [4.78, 5) is 11.3. The Kier molecular flexibility index (Phi) is 4.27. The van der Waals surface area contributed by atoms with Gasteiger partial charge < -0.3 is 9.84 Å². The molecule has 2 aliphatic heterocycles. The van der Waals surface area contributed by atoms with Gasteiger partial charge in [-0.05, 0) is 37.5 Å². The van der Waals surface area contributed by atoms with E-state index in [0.29, 0.717) is 32.0 Å². The minimum absolute atomic E-state index is 0.0488. The molecule has 104 valence electrons. The lowest BCUT2D eigenvalue weighted by molar-refractivity contribution is -0.144. The van der Waals surface area contributed by atoms with Crippen molar-refractivity contribution in [2.45, 2.75) is 25.7 Å². The summed E-state index contributed by atoms with van der Waals surface area (Å²) in [5.74, 6) is -0.991. The van der Waals surface area contributed by atoms with Crippen LogP contribution in [0.1, 0.15) is 25.7 Å². The lowest BCUT2D eigenvalue weighted by Crippen LogP contribution is -2.29. The van der Waals surface area contributed by atoms with E-state index in [1.165, 1.54) is 0 Å². The Morgan fingerprint density at radius 3 is 2.44 bits per heavy atom. The molecule has 2 saturated heterocycles. The Bertz CT molecular complexity index is 397. The summed E-state index contributed by atoms with van der Waals surface area (Å²) in [5, 5.41) is 9.31. The number of sulfone groups is 1. The molecule has 0 aromatic carbocycles. The average Bonchev–Trinajstić information content (AvgIpc) is 2.67. The van der Waals surface area contributed by atoms with Gasteiger partial charge in [0.2, 0.25) is 0 Å². The molecule has 0 saturated carbocycles. The smallest absolute Gasteiger partial charge is 0.306 e. The van der Waals surface area contributed by atoms with Crippen LogP contribution in [0.5, 0.6) is 0 Å². The van der Waals surface area contributed by atoms with E-state index in [2.05, 4.69) is 0 Å². The Labute approximate surface area is 107 Å². The van der Waals surface area contributed by atoms with Gasteiger partial charge in [0.25, 0.3) is 0 Å². The van der Waals surface area contributed by atoms with Gasteiger partial charge in [-0.1, -0.05) is 0 Å². The number of hydrogen-bond donors (Lipinski definition) is 1. The van der Waals surface area contributed by atoms with Gasteiger partial charge in [0.1, 0.15) is 0 Å². The molecule has 0 aromatic heterocycles. The van der Waals surface area contributed by atoms with E-state index in [4.69, 9.17) is 4.74 Å². The predicted molar refractivity (Wildman–Crippen MR) is 66.0 cm³/mol. The lowest BCUT2D eigenvalue weighted by Gasteiger charge is -2.27. The zero-order valence-corrected chi connectivity index (χ0v) is 11.2. The van der Waals surface area contributed by atoms with Crippen molar-refractivity contribution < 1.29 is 23.1 Å². The van der Waals surface area contributed by atoms with Crippen molar-refractivity contribution in [3.63, 3.8) is 0 Å². The van der Waals surface area contributed by atoms with Gasteiger partial charge in [-0.2, -0.15) is 0 Å². The SMILES string of the molecule is O=C(O)C(CC1CCOCC1)C1CCS(=O)(=O)C1. The third-order valence-electron chi connectivity index (χ3n) is 4.08. The van der Waals surface area contributed by atoms with Gasteiger partial charge in [-0.25, -0.2) is 8.42 Å². The van der Waals surface area contributed by atoms with Crippen LogP contribution >= 0.6 is 0 Å². The van der Waals surface area contributed by atoms with E-state index in [0.717, 1.165) is 12.8 Å². The fourth-order valence-corrected chi connectivity index (χ4v) is 4.86. The molecule has 5 nitrogen and oxygen atoms in total. The first kappa shape index (κ1) is 13.8. The number of aliphatic carboxylic acids is 1. The van der Waals surface area contributed by atoms with Crippen molar-refractivity contribution in [1.29, 1.82) is 0 Å². The first-order valence-electron chi connectivity index (χ1n) is 6.49. The second-order valence-corrected chi connectivity index (χ2v) is 7.63. The van der Waals surface area contributed by atoms with Crippen LogP contribution in [0.2, 0.25) is 0 Å². The quantitative estimate of drug-likeness (QED) is 0.826. The molecule has 0 aliphatic carbocycles. The number of ether oxygens (including phenoxy) is 1. The van der Waals surface area contributed by atoms with Crippen LogP contribution in [0.15, 0.2) is 0 Å². The molecule has 0 radical (unpaired) electrons. The van der Waals surface area contributed by atoms with Gasteiger partial charge in [0.05, 0.1) is 17.4 Å². The molecule has 0 spiro atoms. The average molecular weight is 276 g/mol. The first-order chi connectivity index (χ1) is 8.48. The molecule has 18 heavy (non-hydrogen) atoms. The molecule has 6 heteroatoms. The molecule has 1 N–H and O–H groups in total. The summed E-state index contributed by atoms with van der Waals surface area (Å²) in [6.07, 6.45) is 2.88. The highest BCUT2D eigenvalue weighted by Crippen LogP contribution is 2.33. The van der Waals surface area contributed by atoms with Crippen LogP contribution in [-0.2, 0) is 19.4 Å². The normalized spacial score (nSPS) is 30.1. The maximum absolute atomic E-state index is 11.4. The van der Waals surface area contributed by atoms with Crippen molar-refractivity contribution in [2.24, 2.45) is 17.8 Å². The second kappa shape index (κ2) is 5.57. The number of carbonyl (C=O) groups is 1. The molecule has 0 aromatic rings. The van der Waals surface area contributed by atoms with E-state index >= 15 is 0 Å². The lowest BCUT2D eigenvalue weighted by atomic mass is 9.81. The standard InChI is InChI=1S/C12H20O5S/c13-12(14)11(7-9-1-4-17-5-2-9)10-3-6-18(15,16)8-10/h9-11H,1-8H2,(H,13,14). The van der Waals surface area contributed by atoms with Crippen molar-refractivity contribution in [1.82, 2.24) is 0 Å². The van der Waals surface area contributed by atoms with E-state index in [-0.39, 0.29) is 17.4 Å². The van der Waals surface area contributed by atoms with Gasteiger partial charge in [-0.15, -0.1) is 0 Å². The van der Waals surface area contributed by atoms with Gasteiger partial charge in [-0.3, -0.25) is 4.79 Å². The maximum Gasteiger partial charge on any atom is 0.306 e. The molecule has 2 unspecified atom stereocenters. The Hall–Kier alpha value is -0.620. The van der Waals surface area contributed by atoms with Gasteiger partial charge >= 0.3 is 5.97 Å². The van der Waals surface area contributed by atoms with Crippen molar-refractivity contribution in [2.75, 3.05) is 24.7 Å². The molecule has 2 atom stereocenters. The van der Waals surface area contributed by atoms with E-state index in [1.807, 2.05) is 0 Å². The minimum Gasteiger partial charge on any atom is -0.481 e. The summed E-state index contributed by atoms with van der Waals surface area (Å²) >= 11 is 0. The Balaban J connectivity index is 1.98. The molecule has 2 fully saturated rings. The summed E-state index contributed by atoms with van der Waals surface area (Å²) in [7, 11) is -3.00. The largest absolute Gasteiger partial charge is 0.481 e. The predicted octanol–water partition coefficient (Wildman–Crippen LogP) is 0.939. The van der Waals surface area contributed by atoms with Gasteiger partial charge in [0, 0.05) is 13.2 Å². The monoisotopic (exact) mass is 276 g/mol. The van der Waals surface area contributed by atoms with E-state index < -0.39 is 21.7 Å². The Morgan fingerprint density at radius 1 is 1.28 bits per heavy atom. The summed E-state index contributed by atoms with van der Waals surface area (Å²) < 4.78 is 28.2. The van der Waals surface area contributed by atoms with Crippen LogP contribution in [0, 0.1) is 17.8 Å². The number of carboxylic acids is 1. The second-order valence-electron chi connectivity index (χ2n) is 5.40. The van der Waals surface area contributed by atoms with E-state index in [1.54, 1.807) is 0 Å². The molecular formula is C12H20O5S. The molecule has 2 heterocycles. The summed E-state index contributed by atoms with van der Waals surface area (Å²) in [5.41, 5.74) is 0. The topological polar surface area (TPSA) is 80.7 Å².